The van der Waals surface area contributed by atoms with E-state index in [9.17, 15) is 4.79 Å². The van der Waals surface area contributed by atoms with Gasteiger partial charge in [0.25, 0.3) is 0 Å². The lowest BCUT2D eigenvalue weighted by Gasteiger charge is -2.28. The van der Waals surface area contributed by atoms with E-state index in [1.807, 2.05) is 20.8 Å². The third-order valence-electron chi connectivity index (χ3n) is 1.91. The van der Waals surface area contributed by atoms with Crippen LogP contribution < -0.4 is 0 Å². The van der Waals surface area contributed by atoms with Crippen molar-refractivity contribution < 1.29 is 18.1 Å². The highest BCUT2D eigenvalue weighted by Gasteiger charge is 2.43. The Kier molecular flexibility index (Phi) is 7.03. The van der Waals surface area contributed by atoms with Crippen molar-refractivity contribution in [3.8, 4) is 0 Å². The maximum atomic E-state index is 11.8. The van der Waals surface area contributed by atoms with Gasteiger partial charge in [-0.15, -0.1) is 0 Å². The molecule has 0 N–H and O–H groups in total. The molecule has 96 valence electrons. The molecule has 0 amide bonds. The summed E-state index contributed by atoms with van der Waals surface area (Å²) in [5.41, 5.74) is 0. The number of carbonyl (C=O) groups excluding carboxylic acids is 1. The molecule has 0 aromatic heterocycles. The predicted octanol–water partition coefficient (Wildman–Crippen LogP) is 2.14. The molecule has 16 heavy (non-hydrogen) atoms. The largest absolute Gasteiger partial charge is 0.564 e. The van der Waals surface area contributed by atoms with Gasteiger partial charge in [-0.25, -0.2) is 0 Å². The first-order chi connectivity index (χ1) is 7.31. The lowest BCUT2D eigenvalue weighted by atomic mass is 10.3. The van der Waals surface area contributed by atoms with E-state index in [0.717, 1.165) is 0 Å². The lowest BCUT2D eigenvalue weighted by molar-refractivity contribution is -0.139. The second-order valence-corrected chi connectivity index (χ2v) is 7.67. The molecule has 0 saturated heterocycles. The zero-order valence-corrected chi connectivity index (χ0v) is 12.9. The van der Waals surface area contributed by atoms with Gasteiger partial charge >= 0.3 is 14.8 Å². The molecule has 0 unspecified atom stereocenters. The van der Waals surface area contributed by atoms with E-state index < -0.39 is 18.9 Å². The highest BCUT2D eigenvalue weighted by molar-refractivity contribution is 8.01. The normalized spacial score (nSPS) is 12.6. The van der Waals surface area contributed by atoms with Crippen molar-refractivity contribution in [2.24, 2.45) is 0 Å². The summed E-state index contributed by atoms with van der Waals surface area (Å²) in [5, 5.41) is 0. The standard InChI is InChI=1S/C9H20O4S2Si/c1-5-9(14,15)8(10)13-16(4,11-6-2)12-7-3/h14-15H,5-7H2,1-4H3. The first-order valence-corrected chi connectivity index (χ1v) is 8.39. The fourth-order valence-corrected chi connectivity index (χ4v) is 3.04. The number of hydrogen-bond donors (Lipinski definition) is 2. The first-order valence-electron chi connectivity index (χ1n) is 5.27. The number of thiol groups is 2. The summed E-state index contributed by atoms with van der Waals surface area (Å²) >= 11 is 8.26. The minimum Gasteiger partial charge on any atom is -0.472 e. The van der Waals surface area contributed by atoms with Crippen LogP contribution in [-0.4, -0.2) is 32.1 Å². The highest BCUT2D eigenvalue weighted by atomic mass is 32.2. The Morgan fingerprint density at radius 2 is 1.62 bits per heavy atom. The van der Waals surface area contributed by atoms with Crippen molar-refractivity contribution >= 4 is 40.0 Å². The molecule has 7 heteroatoms. The van der Waals surface area contributed by atoms with Crippen LogP contribution in [0.5, 0.6) is 0 Å². The van der Waals surface area contributed by atoms with Crippen LogP contribution in [0.2, 0.25) is 6.55 Å². The fraction of sp³-hybridized carbons (Fsp3) is 0.889. The van der Waals surface area contributed by atoms with Crippen molar-refractivity contribution in [3.63, 3.8) is 0 Å². The van der Waals surface area contributed by atoms with E-state index in [2.05, 4.69) is 25.3 Å². The summed E-state index contributed by atoms with van der Waals surface area (Å²) < 4.78 is 15.0. The molecule has 0 aromatic carbocycles. The van der Waals surface area contributed by atoms with Gasteiger partial charge in [0.1, 0.15) is 0 Å². The Bertz CT molecular complexity index is 230. The molecule has 0 heterocycles. The molecule has 0 aliphatic heterocycles. The molecule has 0 fully saturated rings. The second kappa shape index (κ2) is 6.90. The highest BCUT2D eigenvalue weighted by Crippen LogP contribution is 2.27. The van der Waals surface area contributed by atoms with E-state index in [-0.39, 0.29) is 0 Å². The van der Waals surface area contributed by atoms with Crippen molar-refractivity contribution in [2.45, 2.75) is 37.8 Å². The molecule has 0 radical (unpaired) electrons. The summed E-state index contributed by atoms with van der Waals surface area (Å²) in [4.78, 5) is 11.8. The van der Waals surface area contributed by atoms with E-state index in [4.69, 9.17) is 13.3 Å². The summed E-state index contributed by atoms with van der Waals surface area (Å²) in [6.45, 7) is 8.02. The predicted molar refractivity (Wildman–Crippen MR) is 72.0 cm³/mol. The van der Waals surface area contributed by atoms with Gasteiger partial charge < -0.3 is 13.3 Å². The molecule has 0 bridgehead atoms. The van der Waals surface area contributed by atoms with Crippen LogP contribution >= 0.6 is 25.3 Å². The van der Waals surface area contributed by atoms with Gasteiger partial charge in [-0.1, -0.05) is 6.92 Å². The molecule has 0 rings (SSSR count). The number of carbonyl (C=O) groups is 1. The third-order valence-corrected chi connectivity index (χ3v) is 5.09. The smallest absolute Gasteiger partial charge is 0.472 e. The van der Waals surface area contributed by atoms with Crippen LogP contribution in [0.1, 0.15) is 27.2 Å². The van der Waals surface area contributed by atoms with E-state index >= 15 is 0 Å². The van der Waals surface area contributed by atoms with Gasteiger partial charge in [0.15, 0.2) is 4.08 Å². The van der Waals surface area contributed by atoms with Gasteiger partial charge in [-0.3, -0.25) is 4.79 Å². The Balaban J connectivity index is 4.57. The van der Waals surface area contributed by atoms with Crippen LogP contribution in [0.3, 0.4) is 0 Å². The van der Waals surface area contributed by atoms with Crippen LogP contribution in [0, 0.1) is 0 Å². The topological polar surface area (TPSA) is 44.8 Å². The van der Waals surface area contributed by atoms with Crippen LogP contribution in [0.25, 0.3) is 0 Å². The maximum absolute atomic E-state index is 11.8. The third kappa shape index (κ3) is 5.09. The molecule has 0 atom stereocenters. The van der Waals surface area contributed by atoms with Crippen molar-refractivity contribution in [1.29, 1.82) is 0 Å². The first kappa shape index (κ1) is 16.3. The molecule has 0 saturated carbocycles. The van der Waals surface area contributed by atoms with Gasteiger partial charge in [0.05, 0.1) is 0 Å². The lowest BCUT2D eigenvalue weighted by Crippen LogP contribution is -2.47. The average molecular weight is 284 g/mol. The summed E-state index contributed by atoms with van der Waals surface area (Å²) in [7, 11) is -2.89. The van der Waals surface area contributed by atoms with E-state index in [1.165, 1.54) is 0 Å². The summed E-state index contributed by atoms with van der Waals surface area (Å²) in [5.74, 6) is -0.516. The average Bonchev–Trinajstić information content (AvgIpc) is 2.18. The molecule has 0 aromatic rings. The minimum atomic E-state index is -2.89. The zero-order chi connectivity index (χ0) is 12.8. The van der Waals surface area contributed by atoms with Gasteiger partial charge in [0, 0.05) is 19.8 Å². The van der Waals surface area contributed by atoms with Gasteiger partial charge in [-0.2, -0.15) is 25.3 Å². The quantitative estimate of drug-likeness (QED) is 0.427. The maximum Gasteiger partial charge on any atom is 0.564 e. The number of rotatable bonds is 7. The van der Waals surface area contributed by atoms with Gasteiger partial charge in [-0.05, 0) is 20.3 Å². The Labute approximate surface area is 109 Å². The monoisotopic (exact) mass is 284 g/mol. The number of hydrogen-bond acceptors (Lipinski definition) is 6. The summed E-state index contributed by atoms with van der Waals surface area (Å²) in [6.07, 6.45) is 0.459. The Morgan fingerprint density at radius 1 is 1.19 bits per heavy atom. The molecule has 0 aliphatic rings. The molecular formula is C9H20O4S2Si. The van der Waals surface area contributed by atoms with Crippen molar-refractivity contribution in [3.05, 3.63) is 0 Å². The SMILES string of the molecule is CCO[Si](C)(OCC)OC(=O)C(S)(S)CC. The molecule has 4 nitrogen and oxygen atoms in total. The van der Waals surface area contributed by atoms with Crippen LogP contribution in [0.4, 0.5) is 0 Å². The molecular weight excluding hydrogens is 264 g/mol. The zero-order valence-electron chi connectivity index (χ0n) is 10.1. The Morgan fingerprint density at radius 3 is 1.94 bits per heavy atom. The van der Waals surface area contributed by atoms with E-state index in [0.29, 0.717) is 19.6 Å². The van der Waals surface area contributed by atoms with Crippen molar-refractivity contribution in [1.82, 2.24) is 0 Å². The van der Waals surface area contributed by atoms with Crippen LogP contribution in [-0.2, 0) is 18.1 Å². The van der Waals surface area contributed by atoms with E-state index in [1.54, 1.807) is 6.55 Å². The summed E-state index contributed by atoms with van der Waals surface area (Å²) in [6, 6.07) is 0. The molecule has 0 aliphatic carbocycles. The minimum absolute atomic E-state index is 0.439. The van der Waals surface area contributed by atoms with Gasteiger partial charge in [0.2, 0.25) is 0 Å². The Hall–Kier alpha value is 0.307. The van der Waals surface area contributed by atoms with Crippen molar-refractivity contribution in [2.75, 3.05) is 13.2 Å². The van der Waals surface area contributed by atoms with Crippen LogP contribution in [0.15, 0.2) is 0 Å². The molecule has 0 spiro atoms. The fourth-order valence-electron chi connectivity index (χ4n) is 1.02. The second-order valence-electron chi connectivity index (χ2n) is 3.29.